The third-order valence-electron chi connectivity index (χ3n) is 7.66. The van der Waals surface area contributed by atoms with E-state index in [4.69, 9.17) is 0 Å². The fourth-order valence-corrected chi connectivity index (χ4v) is 6.17. The van der Waals surface area contributed by atoms with Crippen LogP contribution in [0.25, 0.3) is 0 Å². The Balaban J connectivity index is 1.57. The fourth-order valence-electron chi connectivity index (χ4n) is 6.17. The van der Waals surface area contributed by atoms with E-state index in [1.807, 2.05) is 12.1 Å². The van der Waals surface area contributed by atoms with Crippen LogP contribution < -0.4 is 0 Å². The van der Waals surface area contributed by atoms with Gasteiger partial charge < -0.3 is 10.2 Å². The molecular formula is C27H28O2. The molecule has 148 valence electrons. The molecule has 5 atom stereocenters. The van der Waals surface area contributed by atoms with Crippen LogP contribution in [-0.4, -0.2) is 15.8 Å². The number of phenols is 1. The van der Waals surface area contributed by atoms with E-state index in [9.17, 15) is 10.2 Å². The predicted octanol–water partition coefficient (Wildman–Crippen LogP) is 4.88. The van der Waals surface area contributed by atoms with Gasteiger partial charge >= 0.3 is 0 Å². The number of aryl methyl sites for hydroxylation is 1. The van der Waals surface area contributed by atoms with Crippen LogP contribution in [-0.2, 0) is 6.42 Å². The molecule has 1 aromatic carbocycles. The molecule has 2 nitrogen and oxygen atoms in total. The van der Waals surface area contributed by atoms with Gasteiger partial charge in [-0.3, -0.25) is 0 Å². The van der Waals surface area contributed by atoms with Crippen LogP contribution >= 0.6 is 0 Å². The van der Waals surface area contributed by atoms with E-state index in [0.717, 1.165) is 38.5 Å². The number of aromatic hydroxyl groups is 1. The highest BCUT2D eigenvalue weighted by Crippen LogP contribution is 2.64. The highest BCUT2D eigenvalue weighted by molar-refractivity contribution is 5.41. The van der Waals surface area contributed by atoms with Gasteiger partial charge in [0.2, 0.25) is 0 Å². The first-order valence-corrected chi connectivity index (χ1v) is 10.6. The van der Waals surface area contributed by atoms with E-state index in [1.165, 1.54) is 11.1 Å². The number of aliphatic hydroxyl groups is 1. The Morgan fingerprint density at radius 3 is 2.86 bits per heavy atom. The molecule has 0 amide bonds. The summed E-state index contributed by atoms with van der Waals surface area (Å²) in [4.78, 5) is 0. The summed E-state index contributed by atoms with van der Waals surface area (Å²) in [7, 11) is 0. The predicted molar refractivity (Wildman–Crippen MR) is 116 cm³/mol. The van der Waals surface area contributed by atoms with E-state index in [0.29, 0.717) is 23.5 Å². The van der Waals surface area contributed by atoms with Crippen LogP contribution in [0.2, 0.25) is 0 Å². The Morgan fingerprint density at radius 1 is 1.17 bits per heavy atom. The van der Waals surface area contributed by atoms with Gasteiger partial charge in [-0.1, -0.05) is 31.4 Å². The summed E-state index contributed by atoms with van der Waals surface area (Å²) in [5, 5.41) is 21.3. The molecule has 3 aliphatic rings. The average Bonchev–Trinajstić information content (AvgIpc) is 2.98. The quantitative estimate of drug-likeness (QED) is 0.411. The minimum atomic E-state index is -0.961. The zero-order valence-electron chi connectivity index (χ0n) is 17.0. The summed E-state index contributed by atoms with van der Waals surface area (Å²) in [6, 6.07) is 5.88. The average molecular weight is 385 g/mol. The third kappa shape index (κ3) is 3.34. The normalized spacial score (nSPS) is 34.5. The molecule has 0 aliphatic heterocycles. The van der Waals surface area contributed by atoms with E-state index >= 15 is 0 Å². The molecule has 1 aromatic rings. The summed E-state index contributed by atoms with van der Waals surface area (Å²) in [5.74, 6) is 13.7. The lowest BCUT2D eigenvalue weighted by Crippen LogP contribution is -2.50. The summed E-state index contributed by atoms with van der Waals surface area (Å²) in [6.45, 7) is 5.74. The van der Waals surface area contributed by atoms with Crippen LogP contribution in [0.1, 0.15) is 56.1 Å². The molecule has 0 heterocycles. The van der Waals surface area contributed by atoms with Crippen molar-refractivity contribution >= 4 is 0 Å². The maximum atomic E-state index is 11.5. The van der Waals surface area contributed by atoms with E-state index in [1.54, 1.807) is 18.2 Å². The smallest absolute Gasteiger partial charge is 0.132 e. The first-order valence-electron chi connectivity index (χ1n) is 10.6. The Kier molecular flexibility index (Phi) is 5.19. The largest absolute Gasteiger partial charge is 0.508 e. The van der Waals surface area contributed by atoms with Crippen LogP contribution in [0.5, 0.6) is 5.75 Å². The Labute approximate surface area is 174 Å². The van der Waals surface area contributed by atoms with Gasteiger partial charge in [-0.05, 0) is 110 Å². The lowest BCUT2D eigenvalue weighted by molar-refractivity contribution is -0.0647. The number of phenolic OH excluding ortho intramolecular Hbond substituents is 1. The molecule has 4 rings (SSSR count). The highest BCUT2D eigenvalue weighted by atomic mass is 16.3. The monoisotopic (exact) mass is 384 g/mol. The number of rotatable bonds is 1. The molecular weight excluding hydrogens is 356 g/mol. The molecule has 3 aliphatic carbocycles. The van der Waals surface area contributed by atoms with Gasteiger partial charge in [0, 0.05) is 5.41 Å². The highest BCUT2D eigenvalue weighted by Gasteiger charge is 2.61. The molecule has 2 saturated carbocycles. The Morgan fingerprint density at radius 2 is 2.03 bits per heavy atom. The lowest BCUT2D eigenvalue weighted by atomic mass is 9.53. The van der Waals surface area contributed by atoms with Crippen molar-refractivity contribution in [1.29, 1.82) is 0 Å². The lowest BCUT2D eigenvalue weighted by Gasteiger charge is -2.52. The first-order chi connectivity index (χ1) is 14.0. The van der Waals surface area contributed by atoms with E-state index in [2.05, 4.69) is 49.0 Å². The van der Waals surface area contributed by atoms with E-state index in [-0.39, 0.29) is 5.41 Å². The standard InChI is InChI=1S/C27H28O2/c1-3-4-5-6-7-8-9-16-27(29)18-15-25-24-12-10-20-19-21(28)11-13-22(20)23(24)14-17-26(25,27)2/h4-6,11,13,19,23-25,28-29H,1,10,12,14-15,17-18H2,2H3/b6-5-/t23-,24-,25+,26+,27+/m1/s1. The van der Waals surface area contributed by atoms with Gasteiger partial charge in [0.05, 0.1) is 0 Å². The second kappa shape index (κ2) is 7.65. The second-order valence-electron chi connectivity index (χ2n) is 8.90. The van der Waals surface area contributed by atoms with Crippen molar-refractivity contribution in [3.05, 3.63) is 59.9 Å². The molecule has 29 heavy (non-hydrogen) atoms. The zero-order valence-corrected chi connectivity index (χ0v) is 17.0. The maximum Gasteiger partial charge on any atom is 0.132 e. The fraction of sp³-hybridized carbons (Fsp3) is 0.444. The van der Waals surface area contributed by atoms with Crippen LogP contribution in [0.4, 0.5) is 0 Å². The van der Waals surface area contributed by atoms with Crippen molar-refractivity contribution in [2.45, 2.75) is 57.0 Å². The van der Waals surface area contributed by atoms with Crippen molar-refractivity contribution in [3.63, 3.8) is 0 Å². The topological polar surface area (TPSA) is 40.5 Å². The second-order valence-corrected chi connectivity index (χ2v) is 8.90. The van der Waals surface area contributed by atoms with Crippen molar-refractivity contribution < 1.29 is 10.2 Å². The van der Waals surface area contributed by atoms with Gasteiger partial charge in [0.15, 0.2) is 0 Å². The maximum absolute atomic E-state index is 11.5. The molecule has 0 aromatic heterocycles. The summed E-state index contributed by atoms with van der Waals surface area (Å²) >= 11 is 0. The minimum Gasteiger partial charge on any atom is -0.508 e. The Hall–Kier alpha value is -2.64. The van der Waals surface area contributed by atoms with E-state index < -0.39 is 5.60 Å². The SMILES string of the molecule is C=C=C/C=C\C#CC#C[C@]1(O)CC[C@H]2[C@@H]3CCc4cc(O)ccc4[C@H]3CC[C@@]21C. The van der Waals surface area contributed by atoms with Gasteiger partial charge in [0.25, 0.3) is 0 Å². The summed E-state index contributed by atoms with van der Waals surface area (Å²) in [6.07, 6.45) is 11.1. The van der Waals surface area contributed by atoms with Crippen molar-refractivity contribution in [1.82, 2.24) is 0 Å². The molecule has 2 heteroatoms. The van der Waals surface area contributed by atoms with Gasteiger partial charge in [0.1, 0.15) is 11.4 Å². The number of fused-ring (bicyclic) bond motifs is 5. The molecule has 0 bridgehead atoms. The molecule has 0 radical (unpaired) electrons. The van der Waals surface area contributed by atoms with Crippen LogP contribution in [0.15, 0.2) is 48.7 Å². The number of hydrogen-bond donors (Lipinski definition) is 2. The van der Waals surface area contributed by atoms with Crippen LogP contribution in [0.3, 0.4) is 0 Å². The van der Waals surface area contributed by atoms with Crippen molar-refractivity contribution in [2.75, 3.05) is 0 Å². The van der Waals surface area contributed by atoms with Crippen LogP contribution in [0, 0.1) is 40.9 Å². The molecule has 0 saturated heterocycles. The zero-order chi connectivity index (χ0) is 20.5. The minimum absolute atomic E-state index is 0.182. The first kappa shape index (κ1) is 19.7. The molecule has 0 spiro atoms. The molecule has 2 fully saturated rings. The molecule has 0 unspecified atom stereocenters. The van der Waals surface area contributed by atoms with Gasteiger partial charge in [-0.15, -0.1) is 5.73 Å². The number of allylic oxidation sites excluding steroid dienone is 3. The number of hydrogen-bond acceptors (Lipinski definition) is 2. The Bertz CT molecular complexity index is 1000. The van der Waals surface area contributed by atoms with Gasteiger partial charge in [-0.25, -0.2) is 0 Å². The molecule has 2 N–H and O–H groups in total. The number of benzene rings is 1. The van der Waals surface area contributed by atoms with Crippen molar-refractivity contribution in [3.8, 4) is 29.4 Å². The van der Waals surface area contributed by atoms with Crippen molar-refractivity contribution in [2.24, 2.45) is 17.3 Å². The summed E-state index contributed by atoms with van der Waals surface area (Å²) in [5.41, 5.74) is 4.23. The summed E-state index contributed by atoms with van der Waals surface area (Å²) < 4.78 is 0. The van der Waals surface area contributed by atoms with Gasteiger partial charge in [-0.2, -0.15) is 0 Å². The third-order valence-corrected chi connectivity index (χ3v) is 7.66.